The van der Waals surface area contributed by atoms with E-state index in [0.29, 0.717) is 22.0 Å². The summed E-state index contributed by atoms with van der Waals surface area (Å²) in [5.41, 5.74) is 1.44. The molecule has 1 heterocycles. The van der Waals surface area contributed by atoms with Gasteiger partial charge in [-0.05, 0) is 55.2 Å². The first-order valence-corrected chi connectivity index (χ1v) is 16.2. The summed E-state index contributed by atoms with van der Waals surface area (Å²) < 4.78 is 33.3. The Morgan fingerprint density at radius 1 is 1.07 bits per heavy atom. The number of piperazine rings is 1. The van der Waals surface area contributed by atoms with E-state index in [1.54, 1.807) is 37.3 Å². The van der Waals surface area contributed by atoms with Gasteiger partial charge in [0.05, 0.1) is 31.1 Å². The molecule has 2 aromatic rings. The topological polar surface area (TPSA) is 157 Å². The van der Waals surface area contributed by atoms with Gasteiger partial charge in [-0.3, -0.25) is 19.2 Å². The highest BCUT2D eigenvalue weighted by molar-refractivity contribution is 7.89. The summed E-state index contributed by atoms with van der Waals surface area (Å²) in [5, 5.41) is 6.08. The normalized spacial score (nSPS) is 15.4. The number of halogens is 2. The molecule has 0 aromatic heterocycles. The van der Waals surface area contributed by atoms with Crippen LogP contribution >= 0.6 is 23.2 Å². The second kappa shape index (κ2) is 16.2. The molecular weight excluding hydrogens is 635 g/mol. The van der Waals surface area contributed by atoms with Gasteiger partial charge in [-0.2, -0.15) is 0 Å². The number of methoxy groups -OCH3 is 1. The first kappa shape index (κ1) is 35.3. The number of nitrogens with zero attached hydrogens (tertiary/aromatic N) is 3. The Hall–Kier alpha value is -3.23. The van der Waals surface area contributed by atoms with Crippen LogP contribution in [0.5, 0.6) is 0 Å². The number of amides is 3. The van der Waals surface area contributed by atoms with E-state index in [0.717, 1.165) is 5.56 Å². The monoisotopic (exact) mass is 670 g/mol. The number of hydrogen-bond acceptors (Lipinski definition) is 8. The summed E-state index contributed by atoms with van der Waals surface area (Å²) >= 11 is 12.3. The van der Waals surface area contributed by atoms with Gasteiger partial charge in [0.15, 0.2) is 0 Å². The van der Waals surface area contributed by atoms with Gasteiger partial charge in [-0.1, -0.05) is 41.4 Å². The Balaban J connectivity index is 1.79. The average Bonchev–Trinajstić information content (AvgIpc) is 2.96. The molecule has 0 aliphatic carbocycles. The Bertz CT molecular complexity index is 1460. The van der Waals surface area contributed by atoms with Crippen LogP contribution in [-0.4, -0.2) is 106 Å². The second-order valence-corrected chi connectivity index (χ2v) is 12.5. The number of esters is 1. The number of primary sulfonamides is 1. The molecule has 2 aromatic carbocycles. The Kier molecular flexibility index (Phi) is 13.0. The van der Waals surface area contributed by atoms with Crippen molar-refractivity contribution < 1.29 is 37.1 Å². The predicted molar refractivity (Wildman–Crippen MR) is 163 cm³/mol. The number of benzene rings is 2. The largest absolute Gasteiger partial charge is 0.465 e. The van der Waals surface area contributed by atoms with E-state index in [1.807, 2.05) is 0 Å². The summed E-state index contributed by atoms with van der Waals surface area (Å²) in [5.74, 6) is -1.91. The number of hydrogen-bond donors (Lipinski definition) is 1. The number of nitrogens with two attached hydrogens (primary N) is 1. The van der Waals surface area contributed by atoms with E-state index in [2.05, 4.69) is 0 Å². The minimum Gasteiger partial charge on any atom is -0.465 e. The van der Waals surface area contributed by atoms with E-state index in [9.17, 15) is 27.6 Å². The highest BCUT2D eigenvalue weighted by Gasteiger charge is 2.41. The molecule has 1 saturated heterocycles. The van der Waals surface area contributed by atoms with Crippen molar-refractivity contribution in [1.29, 1.82) is 0 Å². The molecule has 2 N–H and O–H groups in total. The number of rotatable bonds is 15. The lowest BCUT2D eigenvalue weighted by Gasteiger charge is -2.40. The van der Waals surface area contributed by atoms with Crippen LogP contribution in [0.25, 0.3) is 0 Å². The Labute approximate surface area is 267 Å². The lowest BCUT2D eigenvalue weighted by molar-refractivity contribution is -0.159. The summed E-state index contributed by atoms with van der Waals surface area (Å²) in [6, 6.07) is 9.76. The lowest BCUT2D eigenvalue weighted by Crippen LogP contribution is -2.61. The molecular formula is C29H36Cl2N4O8S. The molecule has 1 fully saturated rings. The molecule has 1 aliphatic heterocycles. The van der Waals surface area contributed by atoms with E-state index in [1.165, 1.54) is 33.9 Å². The first-order valence-electron chi connectivity index (χ1n) is 13.9. The number of carbonyl (C=O) groups excluding carboxylic acids is 4. The molecule has 0 bridgehead atoms. The minimum absolute atomic E-state index is 0.0553. The van der Waals surface area contributed by atoms with E-state index >= 15 is 0 Å². The zero-order chi connectivity index (χ0) is 32.4. The number of carbonyl (C=O) groups is 4. The quantitative estimate of drug-likeness (QED) is 0.282. The second-order valence-electron chi connectivity index (χ2n) is 10.1. The fourth-order valence-corrected chi connectivity index (χ4v) is 5.76. The highest BCUT2D eigenvalue weighted by atomic mass is 35.5. The van der Waals surface area contributed by atoms with Crippen LogP contribution in [0.3, 0.4) is 0 Å². The maximum Gasteiger partial charge on any atom is 0.325 e. The van der Waals surface area contributed by atoms with Crippen molar-refractivity contribution in [2.24, 2.45) is 5.14 Å². The molecule has 1 aliphatic rings. The van der Waals surface area contributed by atoms with Crippen molar-refractivity contribution >= 4 is 56.9 Å². The minimum atomic E-state index is -3.87. The van der Waals surface area contributed by atoms with E-state index in [4.69, 9.17) is 37.8 Å². The third-order valence-corrected chi connectivity index (χ3v) is 8.61. The van der Waals surface area contributed by atoms with Crippen molar-refractivity contribution in [3.8, 4) is 0 Å². The molecule has 12 nitrogen and oxygen atoms in total. The van der Waals surface area contributed by atoms with Gasteiger partial charge in [0, 0.05) is 36.8 Å². The lowest BCUT2D eigenvalue weighted by atomic mass is 10.0. The SMILES string of the molecule is CCOC(=O)CN(CCc1ccc(S(N)(=O)=O)cc1)C(=O)CC1C(=O)N(CCc2ccc(Cl)cc2Cl)CC(=O)N1CCOC. The van der Waals surface area contributed by atoms with Crippen molar-refractivity contribution in [1.82, 2.24) is 14.7 Å². The third kappa shape index (κ3) is 9.89. The van der Waals surface area contributed by atoms with E-state index in [-0.39, 0.29) is 69.6 Å². The van der Waals surface area contributed by atoms with Crippen LogP contribution in [0.15, 0.2) is 47.4 Å². The molecule has 3 rings (SSSR count). The molecule has 0 saturated carbocycles. The average molecular weight is 672 g/mol. The zero-order valence-electron chi connectivity index (χ0n) is 24.5. The standard InChI is InChI=1S/C29H36Cl2N4O8S/c1-3-43-28(38)19-33(12-10-20-4-8-23(9-5-20)44(32,40)41)26(36)17-25-29(39)34(18-27(37)35(25)14-15-42-2)13-11-21-6-7-22(30)16-24(21)31/h4-9,16,25H,3,10-15,17-19H2,1-2H3,(H2,32,40,41). The van der Waals surface area contributed by atoms with Gasteiger partial charge in [-0.25, -0.2) is 13.6 Å². The van der Waals surface area contributed by atoms with Gasteiger partial charge in [0.25, 0.3) is 0 Å². The van der Waals surface area contributed by atoms with E-state index < -0.39 is 33.8 Å². The van der Waals surface area contributed by atoms with Crippen molar-refractivity contribution in [2.45, 2.75) is 37.1 Å². The molecule has 0 radical (unpaired) electrons. The van der Waals surface area contributed by atoms with Gasteiger partial charge in [0.1, 0.15) is 12.6 Å². The Morgan fingerprint density at radius 3 is 2.39 bits per heavy atom. The molecule has 1 unspecified atom stereocenters. The van der Waals surface area contributed by atoms with Crippen LogP contribution in [0, 0.1) is 0 Å². The maximum atomic E-state index is 13.7. The summed E-state index contributed by atoms with van der Waals surface area (Å²) in [6.07, 6.45) is 0.276. The van der Waals surface area contributed by atoms with Crippen molar-refractivity contribution in [3.63, 3.8) is 0 Å². The van der Waals surface area contributed by atoms with Crippen molar-refractivity contribution in [2.75, 3.05) is 53.0 Å². The van der Waals surface area contributed by atoms with Gasteiger partial charge < -0.3 is 24.2 Å². The van der Waals surface area contributed by atoms with Crippen LogP contribution in [-0.2, 0) is 51.5 Å². The summed E-state index contributed by atoms with van der Waals surface area (Å²) in [7, 11) is -2.40. The van der Waals surface area contributed by atoms with Crippen molar-refractivity contribution in [3.05, 3.63) is 63.6 Å². The molecule has 3 amide bonds. The fourth-order valence-electron chi connectivity index (χ4n) is 4.75. The number of sulfonamides is 1. The molecule has 44 heavy (non-hydrogen) atoms. The van der Waals surface area contributed by atoms with Gasteiger partial charge >= 0.3 is 5.97 Å². The maximum absolute atomic E-state index is 13.7. The van der Waals surface area contributed by atoms with Crippen LogP contribution in [0.1, 0.15) is 24.5 Å². The highest BCUT2D eigenvalue weighted by Crippen LogP contribution is 2.23. The molecule has 1 atom stereocenters. The van der Waals surface area contributed by atoms with Crippen LogP contribution in [0.2, 0.25) is 10.0 Å². The predicted octanol–water partition coefficient (Wildman–Crippen LogP) is 1.89. The smallest absolute Gasteiger partial charge is 0.325 e. The summed E-state index contributed by atoms with van der Waals surface area (Å²) in [4.78, 5) is 56.9. The Morgan fingerprint density at radius 2 is 1.77 bits per heavy atom. The molecule has 15 heteroatoms. The van der Waals surface area contributed by atoms with Gasteiger partial charge in [-0.15, -0.1) is 0 Å². The number of ether oxygens (including phenoxy) is 2. The van der Waals surface area contributed by atoms with Crippen LogP contribution < -0.4 is 5.14 Å². The zero-order valence-corrected chi connectivity index (χ0v) is 26.9. The summed E-state index contributed by atoms with van der Waals surface area (Å²) in [6.45, 7) is 1.74. The third-order valence-electron chi connectivity index (χ3n) is 7.09. The van der Waals surface area contributed by atoms with Crippen LogP contribution in [0.4, 0.5) is 0 Å². The fraction of sp³-hybridized carbons (Fsp3) is 0.448. The van der Waals surface area contributed by atoms with Gasteiger partial charge in [0.2, 0.25) is 27.7 Å². The first-order chi connectivity index (χ1) is 20.8. The molecule has 0 spiro atoms. The molecule has 240 valence electrons.